The Bertz CT molecular complexity index is 1070. The number of nitrogens with one attached hydrogen (secondary N) is 1. The Morgan fingerprint density at radius 2 is 1.83 bits per heavy atom. The number of aldehydes is 1. The first-order valence-electron chi connectivity index (χ1n) is 15.4. The molecule has 2 aliphatic carbocycles. The van der Waals surface area contributed by atoms with Gasteiger partial charge in [-0.15, -0.1) is 0 Å². The number of ether oxygens (including phenoxy) is 2. The van der Waals surface area contributed by atoms with Crippen LogP contribution in [0.4, 0.5) is 0 Å². The monoisotopic (exact) mass is 698 g/mol. The second-order valence-corrected chi connectivity index (χ2v) is 12.4. The molecule has 0 aromatic heterocycles. The summed E-state index contributed by atoms with van der Waals surface area (Å²) in [4.78, 5) is 40.4. The van der Waals surface area contributed by atoms with Crippen molar-refractivity contribution in [1.29, 1.82) is 0 Å². The molecule has 0 heterocycles. The first-order chi connectivity index (χ1) is 20.3. The number of aliphatic hydroxyl groups excluding tert-OH is 2. The summed E-state index contributed by atoms with van der Waals surface area (Å²) < 4.78 is 12.5. The van der Waals surface area contributed by atoms with Crippen LogP contribution in [-0.4, -0.2) is 77.8 Å². The lowest BCUT2D eigenvalue weighted by atomic mass is 9.86. The average Bonchev–Trinajstić information content (AvgIpc) is 3.27. The summed E-state index contributed by atoms with van der Waals surface area (Å²) in [7, 11) is 1.48. The Kier molecular flexibility index (Phi) is 14.6. The molecule has 42 heavy (non-hydrogen) atoms. The molecule has 0 aliphatic heterocycles. The molecule has 0 radical (unpaired) electrons. The van der Waals surface area contributed by atoms with Crippen molar-refractivity contribution in [3.63, 3.8) is 0 Å². The van der Waals surface area contributed by atoms with Crippen molar-refractivity contribution < 1.29 is 34.1 Å². The lowest BCUT2D eigenvalue weighted by molar-refractivity contribution is -0.142. The molecule has 3 rings (SSSR count). The van der Waals surface area contributed by atoms with Crippen LogP contribution in [0.15, 0.2) is 23.8 Å². The molecule has 3 N–H and O–H groups in total. The second-order valence-electron chi connectivity index (χ2n) is 11.3. The lowest BCUT2D eigenvalue weighted by Crippen LogP contribution is -2.58. The zero-order chi connectivity index (χ0) is 30.5. The maximum Gasteiger partial charge on any atom is 0.247 e. The smallest absolute Gasteiger partial charge is 0.247 e. The number of methoxy groups -OCH3 is 1. The number of carbonyl (C=O) groups excluding carboxylic acids is 3. The van der Waals surface area contributed by atoms with Crippen LogP contribution >= 0.6 is 22.6 Å². The molecular weight excluding hydrogens is 651 g/mol. The van der Waals surface area contributed by atoms with E-state index in [9.17, 15) is 24.6 Å². The highest BCUT2D eigenvalue weighted by Crippen LogP contribution is 2.38. The number of hydrogen-bond acceptors (Lipinski definition) is 7. The molecule has 2 aliphatic rings. The van der Waals surface area contributed by atoms with Gasteiger partial charge in [-0.1, -0.05) is 58.3 Å². The molecule has 0 saturated heterocycles. The Morgan fingerprint density at radius 1 is 1.12 bits per heavy atom. The van der Waals surface area contributed by atoms with E-state index in [0.29, 0.717) is 32.6 Å². The summed E-state index contributed by atoms with van der Waals surface area (Å²) >= 11 is 2.05. The first kappa shape index (κ1) is 34.3. The lowest BCUT2D eigenvalue weighted by Gasteiger charge is -2.44. The minimum Gasteiger partial charge on any atom is -0.493 e. The van der Waals surface area contributed by atoms with Crippen LogP contribution < -0.4 is 14.8 Å². The Hall–Kier alpha value is -2.18. The number of carbonyl (C=O) groups is 3. The number of unbranched alkanes of at least 4 members (excludes halogenated alkanes) is 4. The van der Waals surface area contributed by atoms with Crippen molar-refractivity contribution >= 4 is 40.7 Å². The Labute approximate surface area is 263 Å². The van der Waals surface area contributed by atoms with Crippen molar-refractivity contribution in [3.05, 3.63) is 32.9 Å². The Balaban J connectivity index is 1.98. The van der Waals surface area contributed by atoms with Crippen LogP contribution in [0, 0.1) is 3.57 Å². The van der Waals surface area contributed by atoms with Crippen LogP contribution in [0.25, 0.3) is 0 Å². The molecule has 0 bridgehead atoms. The normalized spacial score (nSPS) is 21.2. The minimum atomic E-state index is -1.10. The van der Waals surface area contributed by atoms with Gasteiger partial charge in [-0.05, 0) is 60.1 Å². The van der Waals surface area contributed by atoms with Crippen LogP contribution in [0.3, 0.4) is 0 Å². The zero-order valence-corrected chi connectivity index (χ0v) is 27.1. The summed E-state index contributed by atoms with van der Waals surface area (Å²) in [5, 5.41) is 23.9. The number of nitrogens with zero attached hydrogens (tertiary/aromatic N) is 1. The number of halogens is 1. The fourth-order valence-electron chi connectivity index (χ4n) is 6.01. The van der Waals surface area contributed by atoms with E-state index in [2.05, 4.69) is 34.8 Å². The highest BCUT2D eigenvalue weighted by atomic mass is 127. The van der Waals surface area contributed by atoms with Gasteiger partial charge in [0, 0.05) is 36.6 Å². The van der Waals surface area contributed by atoms with Crippen molar-refractivity contribution in [2.24, 2.45) is 0 Å². The second kappa shape index (κ2) is 17.8. The van der Waals surface area contributed by atoms with E-state index >= 15 is 0 Å². The predicted molar refractivity (Wildman–Crippen MR) is 170 cm³/mol. The van der Waals surface area contributed by atoms with E-state index in [1.54, 1.807) is 18.2 Å². The molecule has 3 atom stereocenters. The van der Waals surface area contributed by atoms with E-state index in [0.717, 1.165) is 76.9 Å². The summed E-state index contributed by atoms with van der Waals surface area (Å²) in [6, 6.07) is 2.56. The number of benzene rings is 1. The van der Waals surface area contributed by atoms with Crippen LogP contribution in [0.1, 0.15) is 101 Å². The quantitative estimate of drug-likeness (QED) is 0.103. The van der Waals surface area contributed by atoms with Crippen LogP contribution in [0.2, 0.25) is 0 Å². The third-order valence-corrected chi connectivity index (χ3v) is 9.01. The van der Waals surface area contributed by atoms with E-state index in [1.165, 1.54) is 7.11 Å². The number of aliphatic hydroxyl groups is 2. The summed E-state index contributed by atoms with van der Waals surface area (Å²) in [6.45, 7) is 2.06. The summed E-state index contributed by atoms with van der Waals surface area (Å²) in [6.07, 6.45) is 12.1. The standard InChI is InChI=1S/C32H47IN2O7/c1-3-4-5-6-11-14-29(38)35(24-12-9-7-8-10-13-24)26-19-23(32(40)34-15-16-36)20-27(30(26)39)42-31-25(33)17-22(21-37)18-28(31)41-2/h17-18,20-21,24,26-27,30,36,39H,3-16,19H2,1-2H3,(H,34,40)/t26-,27+,30+/m1/s1. The topological polar surface area (TPSA) is 125 Å². The predicted octanol–water partition coefficient (Wildman–Crippen LogP) is 4.94. The molecule has 0 spiro atoms. The van der Waals surface area contributed by atoms with Gasteiger partial charge in [-0.3, -0.25) is 14.4 Å². The number of rotatable bonds is 15. The fraction of sp³-hybridized carbons (Fsp3) is 0.656. The van der Waals surface area contributed by atoms with Crippen molar-refractivity contribution in [3.8, 4) is 11.5 Å². The van der Waals surface area contributed by atoms with Crippen molar-refractivity contribution in [2.45, 2.75) is 115 Å². The zero-order valence-electron chi connectivity index (χ0n) is 25.0. The van der Waals surface area contributed by atoms with Gasteiger partial charge in [0.15, 0.2) is 11.5 Å². The van der Waals surface area contributed by atoms with Gasteiger partial charge < -0.3 is 29.9 Å². The van der Waals surface area contributed by atoms with Crippen LogP contribution in [0.5, 0.6) is 11.5 Å². The van der Waals surface area contributed by atoms with Crippen molar-refractivity contribution in [1.82, 2.24) is 10.2 Å². The van der Waals surface area contributed by atoms with Gasteiger partial charge in [0.25, 0.3) is 0 Å². The van der Waals surface area contributed by atoms with Gasteiger partial charge in [-0.2, -0.15) is 0 Å². The SMILES string of the molecule is CCCCCCCC(=O)N(C1CCCCCC1)[C@@H]1CC(C(=O)NCCO)=C[C@H](Oc2c(I)cc(C=O)cc2OC)[C@H]1O. The molecule has 1 saturated carbocycles. The summed E-state index contributed by atoms with van der Waals surface area (Å²) in [5.41, 5.74) is 0.825. The highest BCUT2D eigenvalue weighted by molar-refractivity contribution is 14.1. The van der Waals surface area contributed by atoms with Crippen molar-refractivity contribution in [2.75, 3.05) is 20.3 Å². The fourth-order valence-corrected chi connectivity index (χ4v) is 6.76. The largest absolute Gasteiger partial charge is 0.493 e. The molecule has 1 aromatic carbocycles. The molecule has 2 amide bonds. The average molecular weight is 699 g/mol. The maximum atomic E-state index is 13.9. The minimum absolute atomic E-state index is 0.0145. The summed E-state index contributed by atoms with van der Waals surface area (Å²) in [5.74, 6) is 0.339. The van der Waals surface area contributed by atoms with Gasteiger partial charge in [0.1, 0.15) is 18.5 Å². The molecular formula is C32H47IN2O7. The van der Waals surface area contributed by atoms with E-state index in [4.69, 9.17) is 9.47 Å². The Morgan fingerprint density at radius 3 is 2.48 bits per heavy atom. The highest BCUT2D eigenvalue weighted by Gasteiger charge is 2.43. The van der Waals surface area contributed by atoms with Gasteiger partial charge in [0.2, 0.25) is 11.8 Å². The van der Waals surface area contributed by atoms with Gasteiger partial charge in [0.05, 0.1) is 23.3 Å². The molecule has 1 fully saturated rings. The number of hydrogen-bond donors (Lipinski definition) is 3. The molecule has 234 valence electrons. The van der Waals surface area contributed by atoms with Crippen LogP contribution in [-0.2, 0) is 9.59 Å². The maximum absolute atomic E-state index is 13.9. The first-order valence-corrected chi connectivity index (χ1v) is 16.5. The molecule has 9 nitrogen and oxygen atoms in total. The van der Waals surface area contributed by atoms with E-state index < -0.39 is 18.2 Å². The van der Waals surface area contributed by atoms with Gasteiger partial charge in [-0.25, -0.2) is 0 Å². The number of amides is 2. The van der Waals surface area contributed by atoms with E-state index in [1.807, 2.05) is 4.90 Å². The van der Waals surface area contributed by atoms with Gasteiger partial charge >= 0.3 is 0 Å². The molecule has 10 heteroatoms. The van der Waals surface area contributed by atoms with E-state index in [-0.39, 0.29) is 37.4 Å². The third-order valence-electron chi connectivity index (χ3n) is 8.21. The third kappa shape index (κ3) is 9.41. The molecule has 1 aromatic rings. The molecule has 0 unspecified atom stereocenters.